The summed E-state index contributed by atoms with van der Waals surface area (Å²) in [5.41, 5.74) is 1.99. The van der Waals surface area contributed by atoms with Gasteiger partial charge in [-0.05, 0) is 68.5 Å². The molecule has 0 radical (unpaired) electrons. The minimum absolute atomic E-state index is 0.325. The first-order valence-corrected chi connectivity index (χ1v) is 16.9. The van der Waals surface area contributed by atoms with Crippen LogP contribution >= 0.6 is 0 Å². The van der Waals surface area contributed by atoms with Crippen LogP contribution in [0, 0.1) is 0 Å². The molecule has 1 aromatic heterocycles. The Kier molecular flexibility index (Phi) is 8.29. The molecule has 1 aliphatic rings. The van der Waals surface area contributed by atoms with E-state index in [9.17, 15) is 10.2 Å². The van der Waals surface area contributed by atoms with E-state index in [2.05, 4.69) is 45.8 Å². The van der Waals surface area contributed by atoms with Crippen molar-refractivity contribution in [3.63, 3.8) is 0 Å². The van der Waals surface area contributed by atoms with Crippen LogP contribution < -0.4 is 0 Å². The Balaban J connectivity index is 2.24. The Morgan fingerprint density at radius 1 is 0.750 bits per heavy atom. The maximum absolute atomic E-state index is 10.6. The van der Waals surface area contributed by atoms with Crippen molar-refractivity contribution < 1.29 is 10.2 Å². The van der Waals surface area contributed by atoms with Gasteiger partial charge < -0.3 is 14.4 Å². The summed E-state index contributed by atoms with van der Waals surface area (Å²) in [5, 5.41) is 21.2. The molecule has 0 aromatic carbocycles. The average Bonchev–Trinajstić information content (AvgIpc) is 3.30. The summed E-state index contributed by atoms with van der Waals surface area (Å²) < 4.78 is 4.87. The first-order valence-electron chi connectivity index (χ1n) is 11.8. The lowest BCUT2D eigenvalue weighted by atomic mass is 10.2. The molecule has 1 aliphatic carbocycles. The summed E-state index contributed by atoms with van der Waals surface area (Å²) in [4.78, 5) is 0. The van der Waals surface area contributed by atoms with Crippen LogP contribution in [0.2, 0.25) is 36.3 Å². The third-order valence-electron chi connectivity index (χ3n) is 8.13. The molecule has 0 fully saturated rings. The summed E-state index contributed by atoms with van der Waals surface area (Å²) in [7, 11) is -2.90. The van der Waals surface area contributed by atoms with Crippen LogP contribution in [0.5, 0.6) is 11.8 Å². The van der Waals surface area contributed by atoms with Gasteiger partial charge in [0, 0.05) is 17.7 Å². The first kappa shape index (κ1) is 23.6. The largest absolute Gasteiger partial charge is 0.494 e. The van der Waals surface area contributed by atoms with E-state index in [4.69, 9.17) is 0 Å². The van der Waals surface area contributed by atoms with Gasteiger partial charge in [-0.25, -0.2) is 0 Å². The van der Waals surface area contributed by atoms with E-state index in [-0.39, 0.29) is 0 Å². The quantitative estimate of drug-likeness (QED) is 0.399. The van der Waals surface area contributed by atoms with E-state index in [1.54, 1.807) is 4.57 Å². The lowest BCUT2D eigenvalue weighted by Crippen LogP contribution is -2.66. The predicted octanol–water partition coefficient (Wildman–Crippen LogP) is 6.09. The van der Waals surface area contributed by atoms with Crippen molar-refractivity contribution in [2.75, 3.05) is 6.54 Å². The molecule has 6 heteroatoms. The number of fused-ring (bicyclic) bond motifs is 1. The molecule has 162 valence electrons. The molecule has 28 heavy (non-hydrogen) atoms. The summed E-state index contributed by atoms with van der Waals surface area (Å²) in [6.07, 6.45) is 3.87. The van der Waals surface area contributed by atoms with Gasteiger partial charge in [-0.15, -0.1) is 0 Å². The normalized spacial score (nSPS) is 14.8. The minimum atomic E-state index is -1.45. The zero-order valence-corrected chi connectivity index (χ0v) is 21.3. The predicted molar refractivity (Wildman–Crippen MR) is 126 cm³/mol. The third-order valence-corrected chi connectivity index (χ3v) is 21.6. The fraction of sp³-hybridized carbons (Fsp3) is 0.818. The van der Waals surface area contributed by atoms with Crippen molar-refractivity contribution in [1.29, 1.82) is 0 Å². The SMILES string of the molecule is CC[Si](CC)(CC)N(CCCn1c(O)c2c(c1O)CCC2)[Si](CC)(CC)CC. The molecule has 1 aromatic rings. The van der Waals surface area contributed by atoms with E-state index in [1.165, 1.54) is 36.3 Å². The molecular formula is C22H44N2O2Si2. The van der Waals surface area contributed by atoms with Gasteiger partial charge in [-0.2, -0.15) is 0 Å². The van der Waals surface area contributed by atoms with Crippen molar-refractivity contribution in [3.8, 4) is 11.8 Å². The topological polar surface area (TPSA) is 48.6 Å². The van der Waals surface area contributed by atoms with Crippen LogP contribution in [0.25, 0.3) is 0 Å². The van der Waals surface area contributed by atoms with Gasteiger partial charge in [-0.1, -0.05) is 41.5 Å². The van der Waals surface area contributed by atoms with Gasteiger partial charge in [0.25, 0.3) is 0 Å². The number of aromatic hydroxyl groups is 2. The lowest BCUT2D eigenvalue weighted by Gasteiger charge is -2.52. The Labute approximate surface area is 175 Å². The van der Waals surface area contributed by atoms with Crippen LogP contribution in [0.4, 0.5) is 0 Å². The van der Waals surface area contributed by atoms with Gasteiger partial charge in [0.1, 0.15) is 16.5 Å². The zero-order chi connectivity index (χ0) is 20.9. The van der Waals surface area contributed by atoms with E-state index in [0.717, 1.165) is 49.9 Å². The number of aromatic nitrogens is 1. The summed E-state index contributed by atoms with van der Waals surface area (Å²) in [6, 6.07) is 8.02. The molecule has 0 unspecified atom stereocenters. The molecule has 0 spiro atoms. The second-order valence-electron chi connectivity index (χ2n) is 8.68. The molecule has 0 atom stereocenters. The van der Waals surface area contributed by atoms with Crippen molar-refractivity contribution >= 4 is 16.5 Å². The van der Waals surface area contributed by atoms with E-state index in [0.29, 0.717) is 11.8 Å². The summed E-state index contributed by atoms with van der Waals surface area (Å²) in [6.45, 7) is 16.4. The molecular weight excluding hydrogens is 380 g/mol. The molecule has 0 amide bonds. The van der Waals surface area contributed by atoms with Gasteiger partial charge in [0.2, 0.25) is 0 Å². The van der Waals surface area contributed by atoms with Gasteiger partial charge in [0.15, 0.2) is 11.8 Å². The van der Waals surface area contributed by atoms with Crippen LogP contribution in [-0.2, 0) is 19.4 Å². The Bertz CT molecular complexity index is 573. The smallest absolute Gasteiger partial charge is 0.197 e. The molecule has 1 heterocycles. The number of hydrogen-bond donors (Lipinski definition) is 2. The molecule has 4 nitrogen and oxygen atoms in total. The van der Waals surface area contributed by atoms with Crippen LogP contribution in [-0.4, -0.2) is 42.0 Å². The standard InChI is InChI=1S/C22H44N2O2Si2/c1-7-27(8-2,9-3)24(28(10-4,11-5)12-6)18-14-17-23-21(25)19-15-13-16-20(19)22(23)26/h25-26H,7-18H2,1-6H3. The average molecular weight is 425 g/mol. The molecule has 0 bridgehead atoms. The number of rotatable bonds is 12. The van der Waals surface area contributed by atoms with Crippen molar-refractivity contribution in [2.24, 2.45) is 0 Å². The first-order chi connectivity index (χ1) is 13.4. The second kappa shape index (κ2) is 9.85. The lowest BCUT2D eigenvalue weighted by molar-refractivity contribution is 0.355. The number of nitrogens with zero attached hydrogens (tertiary/aromatic N) is 2. The van der Waals surface area contributed by atoms with Crippen molar-refractivity contribution in [3.05, 3.63) is 11.1 Å². The van der Waals surface area contributed by atoms with Crippen molar-refractivity contribution in [2.45, 2.75) is 110 Å². The summed E-state index contributed by atoms with van der Waals surface area (Å²) >= 11 is 0. The summed E-state index contributed by atoms with van der Waals surface area (Å²) in [5.74, 6) is 0.651. The van der Waals surface area contributed by atoms with Crippen molar-refractivity contribution in [1.82, 2.24) is 8.80 Å². The molecule has 0 saturated heterocycles. The van der Waals surface area contributed by atoms with E-state index < -0.39 is 16.5 Å². The van der Waals surface area contributed by atoms with Crippen LogP contribution in [0.15, 0.2) is 0 Å². The molecule has 2 rings (SSSR count). The monoisotopic (exact) mass is 424 g/mol. The molecule has 2 N–H and O–H groups in total. The fourth-order valence-corrected chi connectivity index (χ4v) is 19.3. The highest BCUT2D eigenvalue weighted by Crippen LogP contribution is 2.40. The van der Waals surface area contributed by atoms with E-state index >= 15 is 0 Å². The fourth-order valence-electron chi connectivity index (χ4n) is 5.88. The van der Waals surface area contributed by atoms with Gasteiger partial charge in [-0.3, -0.25) is 4.57 Å². The maximum atomic E-state index is 10.6. The molecule has 0 saturated carbocycles. The highest BCUT2D eigenvalue weighted by molar-refractivity contribution is 6.92. The van der Waals surface area contributed by atoms with Gasteiger partial charge in [0.05, 0.1) is 0 Å². The minimum Gasteiger partial charge on any atom is -0.494 e. The Hall–Kier alpha value is -0.726. The highest BCUT2D eigenvalue weighted by Gasteiger charge is 2.45. The van der Waals surface area contributed by atoms with Crippen LogP contribution in [0.3, 0.4) is 0 Å². The Morgan fingerprint density at radius 2 is 1.14 bits per heavy atom. The zero-order valence-electron chi connectivity index (χ0n) is 19.3. The van der Waals surface area contributed by atoms with E-state index in [1.807, 2.05) is 0 Å². The third kappa shape index (κ3) is 3.97. The van der Waals surface area contributed by atoms with Gasteiger partial charge >= 0.3 is 0 Å². The Morgan fingerprint density at radius 3 is 1.50 bits per heavy atom. The maximum Gasteiger partial charge on any atom is 0.197 e. The van der Waals surface area contributed by atoms with Crippen LogP contribution in [0.1, 0.15) is 65.5 Å². The molecule has 0 aliphatic heterocycles. The second-order valence-corrected chi connectivity index (χ2v) is 19.4. The number of hydrogen-bond acceptors (Lipinski definition) is 3. The highest BCUT2D eigenvalue weighted by atomic mass is 28.4.